The van der Waals surface area contributed by atoms with Gasteiger partial charge in [-0.3, -0.25) is 0 Å². The minimum atomic E-state index is 0.856. The summed E-state index contributed by atoms with van der Waals surface area (Å²) in [4.78, 5) is 0. The highest BCUT2D eigenvalue weighted by Crippen LogP contribution is 2.16. The second kappa shape index (κ2) is 5.50. The van der Waals surface area contributed by atoms with E-state index in [2.05, 4.69) is 25.6 Å². The van der Waals surface area contributed by atoms with Crippen molar-refractivity contribution in [3.63, 3.8) is 0 Å². The average molecular weight is 189 g/mol. The monoisotopic (exact) mass is 188 g/mol. The molecule has 62 valence electrons. The van der Waals surface area contributed by atoms with Gasteiger partial charge in [-0.15, -0.1) is 0 Å². The number of aryl methyl sites for hydroxylation is 1. The molecular formula is C9H13ClS. The quantitative estimate of drug-likeness (QED) is 0.592. The van der Waals surface area contributed by atoms with Crippen molar-refractivity contribution in [3.05, 3.63) is 34.3 Å². The molecule has 0 radical (unpaired) electrons. The summed E-state index contributed by atoms with van der Waals surface area (Å²) in [6, 6.07) is 5.93. The fourth-order valence-electron chi connectivity index (χ4n) is 0.715. The summed E-state index contributed by atoms with van der Waals surface area (Å²) in [6.45, 7) is 4.08. The van der Waals surface area contributed by atoms with E-state index >= 15 is 0 Å². The van der Waals surface area contributed by atoms with Gasteiger partial charge in [0.2, 0.25) is 0 Å². The maximum absolute atomic E-state index is 5.81. The molecule has 0 atom stereocenters. The lowest BCUT2D eigenvalue weighted by Gasteiger charge is -1.98. The summed E-state index contributed by atoms with van der Waals surface area (Å²) in [7, 11) is 0. The Labute approximate surface area is 79.0 Å². The Balaban J connectivity index is 0.000000461. The Morgan fingerprint density at radius 2 is 1.73 bits per heavy atom. The van der Waals surface area contributed by atoms with Crippen molar-refractivity contribution in [2.45, 2.75) is 13.8 Å². The van der Waals surface area contributed by atoms with Crippen molar-refractivity contribution < 1.29 is 0 Å². The molecule has 0 amide bonds. The lowest BCUT2D eigenvalue weighted by Crippen LogP contribution is -1.78. The lowest BCUT2D eigenvalue weighted by molar-refractivity contribution is 1.34. The van der Waals surface area contributed by atoms with E-state index in [1.54, 1.807) is 6.26 Å². The number of hydrogen-bond donors (Lipinski definition) is 1. The molecule has 0 aromatic heterocycles. The summed E-state index contributed by atoms with van der Waals surface area (Å²) in [6.07, 6.45) is 1.69. The molecule has 0 bridgehead atoms. The van der Waals surface area contributed by atoms with E-state index in [4.69, 9.17) is 11.6 Å². The predicted molar refractivity (Wildman–Crippen MR) is 55.8 cm³/mol. The minimum absolute atomic E-state index is 0.856. The fourth-order valence-corrected chi connectivity index (χ4v) is 0.937. The maximum atomic E-state index is 5.81. The summed E-state index contributed by atoms with van der Waals surface area (Å²) in [5.41, 5.74) is 2.43. The molecule has 0 nitrogen and oxygen atoms in total. The third kappa shape index (κ3) is 3.17. The molecule has 11 heavy (non-hydrogen) atoms. The van der Waals surface area contributed by atoms with Gasteiger partial charge in [0.1, 0.15) is 0 Å². The van der Waals surface area contributed by atoms with Crippen molar-refractivity contribution in [2.75, 3.05) is 6.26 Å². The second-order valence-electron chi connectivity index (χ2n) is 2.18. The van der Waals surface area contributed by atoms with Gasteiger partial charge >= 0.3 is 0 Å². The zero-order valence-electron chi connectivity index (χ0n) is 7.06. The number of rotatable bonds is 0. The van der Waals surface area contributed by atoms with Crippen molar-refractivity contribution in [1.82, 2.24) is 0 Å². The van der Waals surface area contributed by atoms with Gasteiger partial charge in [0, 0.05) is 5.02 Å². The lowest BCUT2D eigenvalue weighted by atomic mass is 10.1. The Kier molecular flexibility index (Phi) is 5.43. The summed E-state index contributed by atoms with van der Waals surface area (Å²) < 4.78 is 0. The predicted octanol–water partition coefficient (Wildman–Crippen LogP) is 3.50. The second-order valence-corrected chi connectivity index (χ2v) is 2.59. The van der Waals surface area contributed by atoms with Crippen LogP contribution in [0.3, 0.4) is 0 Å². The first-order valence-electron chi connectivity index (χ1n) is 3.38. The van der Waals surface area contributed by atoms with Crippen molar-refractivity contribution in [1.29, 1.82) is 0 Å². The average Bonchev–Trinajstić information content (AvgIpc) is 2.04. The van der Waals surface area contributed by atoms with Crippen molar-refractivity contribution in [2.24, 2.45) is 0 Å². The van der Waals surface area contributed by atoms with Crippen molar-refractivity contribution in [3.8, 4) is 0 Å². The molecule has 2 heteroatoms. The molecule has 0 aliphatic heterocycles. The molecule has 1 aromatic carbocycles. The third-order valence-electron chi connectivity index (χ3n) is 1.54. The summed E-state index contributed by atoms with van der Waals surface area (Å²) >= 11 is 9.34. The fraction of sp³-hybridized carbons (Fsp3) is 0.333. The van der Waals surface area contributed by atoms with Gasteiger partial charge < -0.3 is 0 Å². The van der Waals surface area contributed by atoms with Crippen LogP contribution in [0.25, 0.3) is 0 Å². The molecule has 0 N–H and O–H groups in total. The first-order valence-corrected chi connectivity index (χ1v) is 4.65. The van der Waals surface area contributed by atoms with Crippen LogP contribution in [-0.2, 0) is 0 Å². The van der Waals surface area contributed by atoms with E-state index in [0.29, 0.717) is 0 Å². The van der Waals surface area contributed by atoms with Crippen LogP contribution in [0, 0.1) is 13.8 Å². The molecule has 0 aliphatic rings. The third-order valence-corrected chi connectivity index (χ3v) is 1.95. The van der Waals surface area contributed by atoms with Gasteiger partial charge in [0.15, 0.2) is 0 Å². The first kappa shape index (κ1) is 10.9. The Bertz CT molecular complexity index is 201. The van der Waals surface area contributed by atoms with Crippen LogP contribution in [-0.4, -0.2) is 6.26 Å². The van der Waals surface area contributed by atoms with Gasteiger partial charge in [-0.1, -0.05) is 23.7 Å². The number of benzene rings is 1. The van der Waals surface area contributed by atoms with E-state index < -0.39 is 0 Å². The van der Waals surface area contributed by atoms with Crippen LogP contribution in [0.4, 0.5) is 0 Å². The largest absolute Gasteiger partial charge is 0.183 e. The van der Waals surface area contributed by atoms with Gasteiger partial charge in [-0.25, -0.2) is 0 Å². The molecule has 0 aliphatic carbocycles. The molecule has 0 saturated heterocycles. The van der Waals surface area contributed by atoms with Crippen LogP contribution in [0.15, 0.2) is 18.2 Å². The Morgan fingerprint density at radius 3 is 2.09 bits per heavy atom. The van der Waals surface area contributed by atoms with E-state index in [1.807, 2.05) is 19.1 Å². The highest BCUT2D eigenvalue weighted by Gasteiger charge is 1.93. The molecule has 1 aromatic rings. The molecule has 1 rings (SSSR count). The Morgan fingerprint density at radius 1 is 1.18 bits per heavy atom. The molecule has 0 unspecified atom stereocenters. The van der Waals surface area contributed by atoms with Gasteiger partial charge in [0.25, 0.3) is 0 Å². The smallest absolute Gasteiger partial charge is 0.0437 e. The highest BCUT2D eigenvalue weighted by molar-refractivity contribution is 7.79. The number of halogens is 1. The van der Waals surface area contributed by atoms with Crippen LogP contribution < -0.4 is 0 Å². The normalized spacial score (nSPS) is 8.45. The zero-order chi connectivity index (χ0) is 8.85. The van der Waals surface area contributed by atoms with E-state index in [1.165, 1.54) is 11.1 Å². The van der Waals surface area contributed by atoms with Gasteiger partial charge in [-0.2, -0.15) is 12.6 Å². The molecule has 0 fully saturated rings. The summed E-state index contributed by atoms with van der Waals surface area (Å²) in [5.74, 6) is 0. The van der Waals surface area contributed by atoms with Crippen LogP contribution >= 0.6 is 24.2 Å². The minimum Gasteiger partial charge on any atom is -0.183 e. The maximum Gasteiger partial charge on any atom is 0.0437 e. The van der Waals surface area contributed by atoms with Crippen LogP contribution in [0.5, 0.6) is 0 Å². The SMILES string of the molecule is CS.Cc1cccc(Cl)c1C. The number of thiol groups is 1. The zero-order valence-corrected chi connectivity index (χ0v) is 8.71. The van der Waals surface area contributed by atoms with E-state index in [0.717, 1.165) is 5.02 Å². The van der Waals surface area contributed by atoms with Crippen LogP contribution in [0.1, 0.15) is 11.1 Å². The summed E-state index contributed by atoms with van der Waals surface area (Å²) in [5, 5.41) is 0.856. The topological polar surface area (TPSA) is 0 Å². The molecular weight excluding hydrogens is 176 g/mol. The standard InChI is InChI=1S/C8H9Cl.CH4S/c1-6-4-3-5-8(9)7(6)2;1-2/h3-5H,1-2H3;2H,1H3. The van der Waals surface area contributed by atoms with Crippen molar-refractivity contribution >= 4 is 24.2 Å². The molecule has 0 spiro atoms. The molecule has 0 heterocycles. The first-order chi connectivity index (χ1) is 5.22. The Hall–Kier alpha value is -0.140. The van der Waals surface area contributed by atoms with E-state index in [9.17, 15) is 0 Å². The van der Waals surface area contributed by atoms with Gasteiger partial charge in [-0.05, 0) is 37.3 Å². The van der Waals surface area contributed by atoms with Gasteiger partial charge in [0.05, 0.1) is 0 Å². The van der Waals surface area contributed by atoms with E-state index in [-0.39, 0.29) is 0 Å². The number of hydrogen-bond acceptors (Lipinski definition) is 1. The molecule has 0 saturated carbocycles. The highest BCUT2D eigenvalue weighted by atomic mass is 35.5. The van der Waals surface area contributed by atoms with Crippen LogP contribution in [0.2, 0.25) is 5.02 Å².